The lowest BCUT2D eigenvalue weighted by Crippen LogP contribution is -2.47. The van der Waals surface area contributed by atoms with Crippen LogP contribution in [0.15, 0.2) is 0 Å². The van der Waals surface area contributed by atoms with Gasteiger partial charge in [-0.3, -0.25) is 19.5 Å². The van der Waals surface area contributed by atoms with Crippen LogP contribution < -0.4 is 10.6 Å². The number of aromatic amines is 1. The third-order valence-electron chi connectivity index (χ3n) is 6.89. The number of amides is 3. The standard InChI is InChI=1S/C22H33N5O3/c1-27(13-19-16-5-3-2-4-6-17(16)25-26-19)22(30)14-7-9-15(10-8-14)23-21(29)18-11-12-20(28)24-18/h14-15,18H,2-13H2,1H3,(H,23,29)(H,24,28)(H,25,26). The highest BCUT2D eigenvalue weighted by atomic mass is 16.2. The molecule has 0 radical (unpaired) electrons. The Bertz CT molecular complexity index is 797. The van der Waals surface area contributed by atoms with Gasteiger partial charge in [0.05, 0.1) is 12.2 Å². The van der Waals surface area contributed by atoms with Gasteiger partial charge in [0.25, 0.3) is 0 Å². The zero-order valence-electron chi connectivity index (χ0n) is 17.8. The first-order valence-corrected chi connectivity index (χ1v) is 11.4. The van der Waals surface area contributed by atoms with Crippen molar-refractivity contribution >= 4 is 17.7 Å². The lowest BCUT2D eigenvalue weighted by atomic mass is 9.85. The van der Waals surface area contributed by atoms with Crippen molar-refractivity contribution in [3.05, 3.63) is 17.0 Å². The summed E-state index contributed by atoms with van der Waals surface area (Å²) in [5, 5.41) is 13.4. The van der Waals surface area contributed by atoms with Gasteiger partial charge in [-0.1, -0.05) is 6.42 Å². The molecule has 164 valence electrons. The van der Waals surface area contributed by atoms with Crippen LogP contribution in [0.25, 0.3) is 0 Å². The van der Waals surface area contributed by atoms with E-state index >= 15 is 0 Å². The minimum absolute atomic E-state index is 0.00637. The maximum atomic E-state index is 13.0. The van der Waals surface area contributed by atoms with Crippen LogP contribution in [0.3, 0.4) is 0 Å². The van der Waals surface area contributed by atoms with Crippen LogP contribution in [0.4, 0.5) is 0 Å². The zero-order chi connectivity index (χ0) is 21.1. The van der Waals surface area contributed by atoms with Crippen molar-refractivity contribution in [3.63, 3.8) is 0 Å². The number of H-pyrrole nitrogens is 1. The molecule has 0 bridgehead atoms. The molecule has 3 amide bonds. The molecule has 1 unspecified atom stereocenters. The van der Waals surface area contributed by atoms with E-state index in [0.29, 0.717) is 19.4 Å². The van der Waals surface area contributed by atoms with Crippen molar-refractivity contribution < 1.29 is 14.4 Å². The zero-order valence-corrected chi connectivity index (χ0v) is 17.8. The first kappa shape index (κ1) is 20.9. The van der Waals surface area contributed by atoms with Crippen LogP contribution >= 0.6 is 0 Å². The van der Waals surface area contributed by atoms with Gasteiger partial charge in [-0.2, -0.15) is 5.10 Å². The van der Waals surface area contributed by atoms with Gasteiger partial charge in [-0.25, -0.2) is 0 Å². The highest BCUT2D eigenvalue weighted by Crippen LogP contribution is 2.27. The average molecular weight is 416 g/mol. The van der Waals surface area contributed by atoms with Gasteiger partial charge in [0.2, 0.25) is 17.7 Å². The first-order chi connectivity index (χ1) is 14.5. The molecular formula is C22H33N5O3. The fourth-order valence-corrected chi connectivity index (χ4v) is 5.07. The van der Waals surface area contributed by atoms with Crippen LogP contribution in [-0.2, 0) is 33.8 Å². The van der Waals surface area contributed by atoms with Gasteiger partial charge >= 0.3 is 0 Å². The molecule has 1 atom stereocenters. The molecule has 0 spiro atoms. The van der Waals surface area contributed by atoms with E-state index in [2.05, 4.69) is 20.8 Å². The maximum Gasteiger partial charge on any atom is 0.242 e. The number of aromatic nitrogens is 2. The van der Waals surface area contributed by atoms with Crippen molar-refractivity contribution in [1.29, 1.82) is 0 Å². The van der Waals surface area contributed by atoms with E-state index in [1.54, 1.807) is 0 Å². The van der Waals surface area contributed by atoms with E-state index in [0.717, 1.165) is 44.2 Å². The molecule has 30 heavy (non-hydrogen) atoms. The topological polar surface area (TPSA) is 107 Å². The van der Waals surface area contributed by atoms with Crippen molar-refractivity contribution in [2.24, 2.45) is 5.92 Å². The van der Waals surface area contributed by atoms with E-state index in [1.165, 1.54) is 30.5 Å². The van der Waals surface area contributed by atoms with Crippen LogP contribution in [0.5, 0.6) is 0 Å². The molecule has 8 heteroatoms. The van der Waals surface area contributed by atoms with Gasteiger partial charge in [-0.15, -0.1) is 0 Å². The summed E-state index contributed by atoms with van der Waals surface area (Å²) >= 11 is 0. The second-order valence-electron chi connectivity index (χ2n) is 9.10. The number of hydrogen-bond acceptors (Lipinski definition) is 4. The second-order valence-corrected chi connectivity index (χ2v) is 9.10. The van der Waals surface area contributed by atoms with E-state index in [1.807, 2.05) is 11.9 Å². The minimum atomic E-state index is -0.396. The number of carbonyl (C=O) groups is 3. The Morgan fingerprint density at radius 1 is 1.07 bits per heavy atom. The molecule has 2 aliphatic carbocycles. The summed E-state index contributed by atoms with van der Waals surface area (Å²) in [5.41, 5.74) is 3.58. The van der Waals surface area contributed by atoms with Gasteiger partial charge < -0.3 is 15.5 Å². The first-order valence-electron chi connectivity index (χ1n) is 11.4. The van der Waals surface area contributed by atoms with Crippen LogP contribution in [0.2, 0.25) is 0 Å². The Labute approximate surface area is 177 Å². The third-order valence-corrected chi connectivity index (χ3v) is 6.89. The number of rotatable bonds is 5. The number of fused-ring (bicyclic) bond motifs is 1. The largest absolute Gasteiger partial charge is 0.352 e. The summed E-state index contributed by atoms with van der Waals surface area (Å²) in [5.74, 6) is 0.0355. The van der Waals surface area contributed by atoms with Gasteiger partial charge in [-0.05, 0) is 63.4 Å². The Morgan fingerprint density at radius 3 is 2.57 bits per heavy atom. The molecule has 2 fully saturated rings. The molecule has 3 aliphatic rings. The van der Waals surface area contributed by atoms with Gasteiger partial charge in [0, 0.05) is 31.1 Å². The lowest BCUT2D eigenvalue weighted by Gasteiger charge is -2.31. The number of nitrogens with one attached hydrogen (secondary N) is 3. The Hall–Kier alpha value is -2.38. The molecule has 1 saturated heterocycles. The van der Waals surface area contributed by atoms with E-state index < -0.39 is 6.04 Å². The Kier molecular flexibility index (Phi) is 6.39. The van der Waals surface area contributed by atoms with Crippen molar-refractivity contribution in [3.8, 4) is 0 Å². The van der Waals surface area contributed by atoms with Crippen LogP contribution in [0, 0.1) is 5.92 Å². The van der Waals surface area contributed by atoms with E-state index in [-0.39, 0.29) is 29.7 Å². The van der Waals surface area contributed by atoms with Gasteiger partial charge in [0.15, 0.2) is 0 Å². The minimum Gasteiger partial charge on any atom is -0.352 e. The number of hydrogen-bond donors (Lipinski definition) is 3. The van der Waals surface area contributed by atoms with Crippen molar-refractivity contribution in [1.82, 2.24) is 25.7 Å². The number of nitrogens with zero attached hydrogens (tertiary/aromatic N) is 2. The molecular weight excluding hydrogens is 382 g/mol. The summed E-state index contributed by atoms with van der Waals surface area (Å²) < 4.78 is 0. The molecule has 3 N–H and O–H groups in total. The summed E-state index contributed by atoms with van der Waals surface area (Å²) in [6.45, 7) is 0.558. The molecule has 8 nitrogen and oxygen atoms in total. The fraction of sp³-hybridized carbons (Fsp3) is 0.727. The highest BCUT2D eigenvalue weighted by molar-refractivity contribution is 5.90. The molecule has 1 saturated carbocycles. The van der Waals surface area contributed by atoms with Crippen molar-refractivity contribution in [2.75, 3.05) is 7.05 Å². The summed E-state index contributed by atoms with van der Waals surface area (Å²) in [4.78, 5) is 38.4. The van der Waals surface area contributed by atoms with E-state index in [4.69, 9.17) is 0 Å². The predicted octanol–water partition coefficient (Wildman–Crippen LogP) is 1.59. The third kappa shape index (κ3) is 4.68. The quantitative estimate of drug-likeness (QED) is 0.635. The molecule has 1 aromatic heterocycles. The second kappa shape index (κ2) is 9.18. The summed E-state index contributed by atoms with van der Waals surface area (Å²) in [6.07, 6.45) is 9.91. The van der Waals surface area contributed by atoms with Gasteiger partial charge in [0.1, 0.15) is 6.04 Å². The van der Waals surface area contributed by atoms with Crippen LogP contribution in [-0.4, -0.2) is 52.0 Å². The highest BCUT2D eigenvalue weighted by Gasteiger charge is 2.32. The summed E-state index contributed by atoms with van der Waals surface area (Å²) in [6, 6.07) is -0.307. The smallest absolute Gasteiger partial charge is 0.242 e. The monoisotopic (exact) mass is 415 g/mol. The molecule has 2 heterocycles. The Morgan fingerprint density at radius 2 is 1.83 bits per heavy atom. The maximum absolute atomic E-state index is 13.0. The van der Waals surface area contributed by atoms with E-state index in [9.17, 15) is 14.4 Å². The Balaban J connectivity index is 1.25. The number of aryl methyl sites for hydroxylation is 1. The number of carbonyl (C=O) groups excluding carboxylic acids is 3. The molecule has 1 aromatic rings. The normalized spacial score (nSPS) is 26.4. The molecule has 1 aliphatic heterocycles. The lowest BCUT2D eigenvalue weighted by molar-refractivity contribution is -0.136. The molecule has 0 aromatic carbocycles. The SMILES string of the molecule is CN(Cc1n[nH]c2c1CCCCC2)C(=O)C1CCC(NC(=O)C2CCC(=O)N2)CC1. The van der Waals surface area contributed by atoms with Crippen LogP contribution in [0.1, 0.15) is 74.7 Å². The van der Waals surface area contributed by atoms with Crippen molar-refractivity contribution in [2.45, 2.75) is 89.3 Å². The predicted molar refractivity (Wildman–Crippen MR) is 111 cm³/mol. The summed E-state index contributed by atoms with van der Waals surface area (Å²) in [7, 11) is 1.87. The average Bonchev–Trinajstić information content (AvgIpc) is 3.26. The fourth-order valence-electron chi connectivity index (χ4n) is 5.07. The molecule has 4 rings (SSSR count).